The van der Waals surface area contributed by atoms with Crippen LogP contribution in [0.15, 0.2) is 42.7 Å². The molecule has 0 radical (unpaired) electrons. The van der Waals surface area contributed by atoms with Crippen LogP contribution in [0, 0.1) is 17.6 Å². The third-order valence-electron chi connectivity index (χ3n) is 7.14. The number of nitrogens with one attached hydrogen (secondary N) is 1. The molecule has 0 unspecified atom stereocenters. The first kappa shape index (κ1) is 26.9. The smallest absolute Gasteiger partial charge is 0.330 e. The maximum Gasteiger partial charge on any atom is 0.333 e. The number of anilines is 1. The molecule has 2 aliphatic rings. The standard InChI is InChI=1S/C27H24ClF4N5O2/c1-14-3-2-4-21(36-10-8-15(12-22(36)38)23-18(29)6-5-17(28)24(23)30)19-11-16(7-9-33-19)25-20(35-26(14)39)13-34-37(25)27(31)32/h5-7,9,11-14,21,27H,2-4,8,10H2,1H3,(H,35,39)/t14-,21+/m1/s1. The molecule has 2 bridgehead atoms. The normalized spacial score (nSPS) is 20.2. The minimum absolute atomic E-state index is 0.0209. The molecule has 39 heavy (non-hydrogen) atoms. The van der Waals surface area contributed by atoms with Crippen molar-refractivity contribution in [2.45, 2.75) is 45.2 Å². The van der Waals surface area contributed by atoms with Crippen LogP contribution in [-0.4, -0.2) is 38.0 Å². The lowest BCUT2D eigenvalue weighted by molar-refractivity contribution is -0.129. The van der Waals surface area contributed by atoms with Gasteiger partial charge in [-0.2, -0.15) is 13.9 Å². The molecule has 5 rings (SSSR count). The van der Waals surface area contributed by atoms with Crippen LogP contribution in [0.25, 0.3) is 16.8 Å². The van der Waals surface area contributed by atoms with E-state index in [-0.39, 0.29) is 46.4 Å². The van der Waals surface area contributed by atoms with E-state index in [1.807, 2.05) is 0 Å². The first-order valence-corrected chi connectivity index (χ1v) is 12.8. The molecule has 2 atom stereocenters. The van der Waals surface area contributed by atoms with Gasteiger partial charge in [-0.05, 0) is 49.1 Å². The van der Waals surface area contributed by atoms with E-state index < -0.39 is 36.1 Å². The zero-order chi connectivity index (χ0) is 27.8. The van der Waals surface area contributed by atoms with Gasteiger partial charge < -0.3 is 10.2 Å². The molecule has 2 amide bonds. The molecule has 0 aliphatic carbocycles. The Balaban J connectivity index is 1.55. The summed E-state index contributed by atoms with van der Waals surface area (Å²) in [5.74, 6) is -2.98. The summed E-state index contributed by atoms with van der Waals surface area (Å²) in [5, 5.41) is 6.23. The number of rotatable bonds is 3. The minimum Gasteiger partial charge on any atom is -0.330 e. The van der Waals surface area contributed by atoms with Gasteiger partial charge in [0.05, 0.1) is 39.9 Å². The third-order valence-corrected chi connectivity index (χ3v) is 7.43. The Kier molecular flexibility index (Phi) is 7.44. The van der Waals surface area contributed by atoms with Crippen LogP contribution in [0.1, 0.15) is 56.5 Å². The zero-order valence-corrected chi connectivity index (χ0v) is 21.6. The summed E-state index contributed by atoms with van der Waals surface area (Å²) < 4.78 is 57.3. The second-order valence-corrected chi connectivity index (χ2v) is 10.0. The summed E-state index contributed by atoms with van der Waals surface area (Å²) in [6.07, 6.45) is 5.47. The molecule has 1 aromatic carbocycles. The molecular formula is C27H24ClF4N5O2. The highest BCUT2D eigenvalue weighted by molar-refractivity contribution is 6.31. The van der Waals surface area contributed by atoms with Crippen molar-refractivity contribution < 1.29 is 27.2 Å². The summed E-state index contributed by atoms with van der Waals surface area (Å²) in [6, 6.07) is 4.73. The van der Waals surface area contributed by atoms with Gasteiger partial charge in [0.25, 0.3) is 0 Å². The fraction of sp³-hybridized carbons (Fsp3) is 0.333. The number of hydrogen-bond acceptors (Lipinski definition) is 4. The molecule has 204 valence electrons. The predicted octanol–water partition coefficient (Wildman–Crippen LogP) is 6.39. The zero-order valence-electron chi connectivity index (χ0n) is 20.8. The number of aromatic nitrogens is 3. The molecule has 7 nitrogen and oxygen atoms in total. The monoisotopic (exact) mass is 561 g/mol. The van der Waals surface area contributed by atoms with Gasteiger partial charge in [0.15, 0.2) is 5.82 Å². The summed E-state index contributed by atoms with van der Waals surface area (Å²) in [4.78, 5) is 32.1. The molecular weight excluding hydrogens is 538 g/mol. The van der Waals surface area contributed by atoms with E-state index in [0.717, 1.165) is 12.1 Å². The lowest BCUT2D eigenvalue weighted by Crippen LogP contribution is -2.38. The number of amides is 2. The van der Waals surface area contributed by atoms with Gasteiger partial charge in [-0.1, -0.05) is 24.9 Å². The van der Waals surface area contributed by atoms with Crippen LogP contribution in [0.4, 0.5) is 23.2 Å². The largest absolute Gasteiger partial charge is 0.333 e. The molecule has 2 aromatic heterocycles. The van der Waals surface area contributed by atoms with Gasteiger partial charge in [-0.25, -0.2) is 13.5 Å². The van der Waals surface area contributed by atoms with E-state index in [4.69, 9.17) is 11.6 Å². The molecule has 0 saturated heterocycles. The van der Waals surface area contributed by atoms with E-state index in [2.05, 4.69) is 15.4 Å². The van der Waals surface area contributed by atoms with E-state index in [0.29, 0.717) is 35.2 Å². The molecule has 0 fully saturated rings. The summed E-state index contributed by atoms with van der Waals surface area (Å²) in [5.41, 5.74) is 0.836. The van der Waals surface area contributed by atoms with E-state index >= 15 is 0 Å². The van der Waals surface area contributed by atoms with Crippen molar-refractivity contribution in [3.8, 4) is 11.3 Å². The lowest BCUT2D eigenvalue weighted by atomic mass is 9.93. The predicted molar refractivity (Wildman–Crippen MR) is 137 cm³/mol. The molecule has 3 aromatic rings. The average Bonchev–Trinajstić information content (AvgIpc) is 3.33. The number of halogens is 5. The highest BCUT2D eigenvalue weighted by Crippen LogP contribution is 2.38. The molecule has 1 N–H and O–H groups in total. The van der Waals surface area contributed by atoms with Crippen LogP contribution in [0.5, 0.6) is 0 Å². The number of carbonyl (C=O) groups excluding carboxylic acids is 2. The van der Waals surface area contributed by atoms with Crippen molar-refractivity contribution in [2.24, 2.45) is 5.92 Å². The quantitative estimate of drug-likeness (QED) is 0.297. The lowest BCUT2D eigenvalue weighted by Gasteiger charge is -2.34. The Morgan fingerprint density at radius 1 is 1.15 bits per heavy atom. The van der Waals surface area contributed by atoms with Gasteiger partial charge >= 0.3 is 6.55 Å². The molecule has 0 saturated carbocycles. The summed E-state index contributed by atoms with van der Waals surface area (Å²) in [7, 11) is 0. The highest BCUT2D eigenvalue weighted by Gasteiger charge is 2.32. The maximum atomic E-state index is 14.6. The number of benzene rings is 1. The Hall–Kier alpha value is -3.73. The first-order chi connectivity index (χ1) is 18.7. The van der Waals surface area contributed by atoms with Crippen LogP contribution >= 0.6 is 11.6 Å². The molecule has 2 aliphatic heterocycles. The second kappa shape index (κ2) is 10.8. The maximum absolute atomic E-state index is 14.6. The summed E-state index contributed by atoms with van der Waals surface area (Å²) in [6.45, 7) is -1.08. The fourth-order valence-corrected chi connectivity index (χ4v) is 5.28. The topological polar surface area (TPSA) is 80.1 Å². The van der Waals surface area contributed by atoms with E-state index in [1.165, 1.54) is 24.5 Å². The average molecular weight is 562 g/mol. The molecule has 4 heterocycles. The van der Waals surface area contributed by atoms with Crippen LogP contribution in [0.3, 0.4) is 0 Å². The third kappa shape index (κ3) is 5.15. The van der Waals surface area contributed by atoms with Crippen molar-refractivity contribution in [3.05, 3.63) is 70.6 Å². The van der Waals surface area contributed by atoms with Crippen molar-refractivity contribution in [1.29, 1.82) is 0 Å². The van der Waals surface area contributed by atoms with Crippen LogP contribution in [-0.2, 0) is 9.59 Å². The van der Waals surface area contributed by atoms with Crippen molar-refractivity contribution >= 4 is 34.7 Å². The van der Waals surface area contributed by atoms with Crippen LogP contribution < -0.4 is 5.32 Å². The van der Waals surface area contributed by atoms with Crippen molar-refractivity contribution in [1.82, 2.24) is 19.7 Å². The highest BCUT2D eigenvalue weighted by atomic mass is 35.5. The fourth-order valence-electron chi connectivity index (χ4n) is 5.12. The van der Waals surface area contributed by atoms with Gasteiger partial charge in [-0.15, -0.1) is 0 Å². The Morgan fingerprint density at radius 3 is 2.69 bits per heavy atom. The van der Waals surface area contributed by atoms with Crippen molar-refractivity contribution in [2.75, 3.05) is 11.9 Å². The Labute approximate surface area is 226 Å². The van der Waals surface area contributed by atoms with E-state index in [9.17, 15) is 27.2 Å². The Morgan fingerprint density at radius 2 is 1.95 bits per heavy atom. The van der Waals surface area contributed by atoms with Crippen LogP contribution in [0.2, 0.25) is 5.02 Å². The number of pyridine rings is 1. The number of carbonyl (C=O) groups is 2. The number of hydrogen-bond donors (Lipinski definition) is 1. The molecule has 12 heteroatoms. The number of fused-ring (bicyclic) bond motifs is 4. The first-order valence-electron chi connectivity index (χ1n) is 12.4. The second-order valence-electron chi connectivity index (χ2n) is 9.60. The molecule has 0 spiro atoms. The number of nitrogens with zero attached hydrogens (tertiary/aromatic N) is 4. The Bertz CT molecular complexity index is 1470. The van der Waals surface area contributed by atoms with Gasteiger partial charge in [0.1, 0.15) is 5.82 Å². The summed E-state index contributed by atoms with van der Waals surface area (Å²) >= 11 is 5.84. The van der Waals surface area contributed by atoms with Gasteiger partial charge in [0, 0.05) is 30.3 Å². The van der Waals surface area contributed by atoms with Gasteiger partial charge in [0.2, 0.25) is 11.8 Å². The van der Waals surface area contributed by atoms with E-state index in [1.54, 1.807) is 17.9 Å². The minimum atomic E-state index is -2.96. The van der Waals surface area contributed by atoms with Gasteiger partial charge in [-0.3, -0.25) is 14.6 Å². The van der Waals surface area contributed by atoms with Crippen molar-refractivity contribution in [3.63, 3.8) is 0 Å². The SMILES string of the molecule is C[C@@H]1CCC[C@H](N2CCC(c3c(F)ccc(Cl)c3F)=CC2=O)c2cc(ccn2)-c2c(cnn2C(F)F)NC1=O. The number of alkyl halides is 2.